The third kappa shape index (κ3) is 3.46. The van der Waals surface area contributed by atoms with Crippen molar-refractivity contribution in [3.05, 3.63) is 0 Å². The Hall–Kier alpha value is -0.0800. The van der Waals surface area contributed by atoms with Crippen molar-refractivity contribution in [1.82, 2.24) is 4.90 Å². The fraction of sp³-hybridized carbons (Fsp3) is 1.00. The summed E-state index contributed by atoms with van der Waals surface area (Å²) in [7, 11) is 0. The van der Waals surface area contributed by atoms with Gasteiger partial charge in [0.1, 0.15) is 0 Å². The summed E-state index contributed by atoms with van der Waals surface area (Å²) in [6, 6.07) is 0.392. The van der Waals surface area contributed by atoms with Crippen molar-refractivity contribution < 1.29 is 0 Å². The molecule has 1 saturated carbocycles. The zero-order chi connectivity index (χ0) is 12.2. The third-order valence-electron chi connectivity index (χ3n) is 4.34. The van der Waals surface area contributed by atoms with Gasteiger partial charge in [0.05, 0.1) is 0 Å². The van der Waals surface area contributed by atoms with Crippen LogP contribution in [0.15, 0.2) is 0 Å². The number of hydrogen-bond acceptors (Lipinski definition) is 2. The topological polar surface area (TPSA) is 29.3 Å². The maximum atomic E-state index is 6.36. The molecule has 1 aliphatic rings. The van der Waals surface area contributed by atoms with Crippen molar-refractivity contribution in [2.45, 2.75) is 59.4 Å². The summed E-state index contributed by atoms with van der Waals surface area (Å²) in [5, 5.41) is 0. The van der Waals surface area contributed by atoms with Crippen molar-refractivity contribution in [2.75, 3.05) is 19.6 Å². The van der Waals surface area contributed by atoms with Crippen LogP contribution in [0.5, 0.6) is 0 Å². The van der Waals surface area contributed by atoms with Crippen LogP contribution in [0.4, 0.5) is 0 Å². The molecular weight excluding hydrogens is 196 g/mol. The zero-order valence-corrected chi connectivity index (χ0v) is 11.6. The van der Waals surface area contributed by atoms with Crippen LogP contribution in [0.25, 0.3) is 0 Å². The molecule has 2 N–H and O–H groups in total. The van der Waals surface area contributed by atoms with Crippen LogP contribution in [0.3, 0.4) is 0 Å². The van der Waals surface area contributed by atoms with Gasteiger partial charge in [0.15, 0.2) is 0 Å². The van der Waals surface area contributed by atoms with Gasteiger partial charge in [-0.15, -0.1) is 0 Å². The minimum atomic E-state index is 0.356. The van der Waals surface area contributed by atoms with Crippen molar-refractivity contribution >= 4 is 0 Å². The van der Waals surface area contributed by atoms with Crippen molar-refractivity contribution in [2.24, 2.45) is 17.1 Å². The summed E-state index contributed by atoms with van der Waals surface area (Å²) >= 11 is 0. The van der Waals surface area contributed by atoms with Crippen LogP contribution in [0.1, 0.15) is 53.4 Å². The van der Waals surface area contributed by atoms with E-state index in [4.69, 9.17) is 5.73 Å². The highest BCUT2D eigenvalue weighted by Gasteiger charge is 2.39. The van der Waals surface area contributed by atoms with E-state index >= 15 is 0 Å². The van der Waals surface area contributed by atoms with E-state index in [1.165, 1.54) is 45.3 Å². The Labute approximate surface area is 102 Å². The SMILES string of the molecule is CCCCN(CC)CC1CCC(C)(C)C1N. The molecule has 2 heteroatoms. The van der Waals surface area contributed by atoms with Gasteiger partial charge in [-0.1, -0.05) is 34.1 Å². The Kier molecular flexibility index (Phi) is 5.26. The first-order valence-electron chi connectivity index (χ1n) is 6.99. The molecule has 96 valence electrons. The molecule has 0 bridgehead atoms. The Balaban J connectivity index is 2.41. The Morgan fingerprint density at radius 1 is 1.31 bits per heavy atom. The van der Waals surface area contributed by atoms with Gasteiger partial charge >= 0.3 is 0 Å². The molecule has 1 rings (SSSR count). The lowest BCUT2D eigenvalue weighted by Gasteiger charge is -2.30. The molecule has 2 unspecified atom stereocenters. The molecule has 0 aromatic carbocycles. The molecule has 0 spiro atoms. The summed E-state index contributed by atoms with van der Waals surface area (Å²) in [5.74, 6) is 0.715. The van der Waals surface area contributed by atoms with Gasteiger partial charge in [-0.25, -0.2) is 0 Å². The zero-order valence-electron chi connectivity index (χ0n) is 11.6. The maximum absolute atomic E-state index is 6.36. The summed E-state index contributed by atoms with van der Waals surface area (Å²) in [6.07, 6.45) is 5.22. The van der Waals surface area contributed by atoms with Gasteiger partial charge in [0, 0.05) is 12.6 Å². The van der Waals surface area contributed by atoms with Crippen LogP contribution < -0.4 is 5.73 Å². The average Bonchev–Trinajstić information content (AvgIpc) is 2.50. The summed E-state index contributed by atoms with van der Waals surface area (Å²) in [5.41, 5.74) is 6.72. The monoisotopic (exact) mass is 226 g/mol. The third-order valence-corrected chi connectivity index (χ3v) is 4.34. The van der Waals surface area contributed by atoms with E-state index in [0.717, 1.165) is 0 Å². The predicted octanol–water partition coefficient (Wildman–Crippen LogP) is 2.87. The van der Waals surface area contributed by atoms with E-state index < -0.39 is 0 Å². The molecule has 1 fully saturated rings. The number of nitrogens with zero attached hydrogens (tertiary/aromatic N) is 1. The molecule has 1 aliphatic carbocycles. The summed E-state index contributed by atoms with van der Waals surface area (Å²) < 4.78 is 0. The van der Waals surface area contributed by atoms with E-state index in [1.54, 1.807) is 0 Å². The fourth-order valence-electron chi connectivity index (χ4n) is 2.84. The highest BCUT2D eigenvalue weighted by atomic mass is 15.1. The number of hydrogen-bond donors (Lipinski definition) is 1. The van der Waals surface area contributed by atoms with Crippen LogP contribution in [0.2, 0.25) is 0 Å². The molecule has 0 aromatic rings. The summed E-state index contributed by atoms with van der Waals surface area (Å²) in [4.78, 5) is 2.58. The number of rotatable bonds is 6. The highest BCUT2D eigenvalue weighted by Crippen LogP contribution is 2.40. The van der Waals surface area contributed by atoms with Crippen molar-refractivity contribution in [3.63, 3.8) is 0 Å². The predicted molar refractivity (Wildman–Crippen MR) is 71.5 cm³/mol. The lowest BCUT2D eigenvalue weighted by molar-refractivity contribution is 0.209. The Morgan fingerprint density at radius 2 is 2.00 bits per heavy atom. The minimum Gasteiger partial charge on any atom is -0.327 e. The summed E-state index contributed by atoms with van der Waals surface area (Å²) in [6.45, 7) is 12.8. The number of nitrogens with two attached hydrogens (primary N) is 1. The minimum absolute atomic E-state index is 0.356. The van der Waals surface area contributed by atoms with E-state index in [2.05, 4.69) is 32.6 Å². The Bertz CT molecular complexity index is 201. The van der Waals surface area contributed by atoms with Gasteiger partial charge in [-0.3, -0.25) is 0 Å². The maximum Gasteiger partial charge on any atom is 0.0131 e. The van der Waals surface area contributed by atoms with Crippen molar-refractivity contribution in [3.8, 4) is 0 Å². The van der Waals surface area contributed by atoms with Crippen LogP contribution in [-0.2, 0) is 0 Å². The molecule has 0 aliphatic heterocycles. The van der Waals surface area contributed by atoms with Gasteiger partial charge in [0.25, 0.3) is 0 Å². The van der Waals surface area contributed by atoms with Crippen LogP contribution >= 0.6 is 0 Å². The molecule has 16 heavy (non-hydrogen) atoms. The normalized spacial score (nSPS) is 28.9. The molecule has 2 atom stereocenters. The molecule has 0 radical (unpaired) electrons. The lowest BCUT2D eigenvalue weighted by atomic mass is 9.85. The standard InChI is InChI=1S/C14H30N2/c1-5-7-10-16(6-2)11-12-8-9-14(3,4)13(12)15/h12-13H,5-11,15H2,1-4H3. The molecular formula is C14H30N2. The first kappa shape index (κ1) is 14.0. The second kappa shape index (κ2) is 6.02. The lowest BCUT2D eigenvalue weighted by Crippen LogP contribution is -2.42. The smallest absolute Gasteiger partial charge is 0.0131 e. The first-order valence-corrected chi connectivity index (χ1v) is 6.99. The van der Waals surface area contributed by atoms with Gasteiger partial charge < -0.3 is 10.6 Å². The van der Waals surface area contributed by atoms with Gasteiger partial charge in [-0.2, -0.15) is 0 Å². The first-order chi connectivity index (χ1) is 7.51. The molecule has 0 aromatic heterocycles. The van der Waals surface area contributed by atoms with Gasteiger partial charge in [0.2, 0.25) is 0 Å². The Morgan fingerprint density at radius 3 is 2.44 bits per heavy atom. The average molecular weight is 226 g/mol. The quantitative estimate of drug-likeness (QED) is 0.754. The van der Waals surface area contributed by atoms with E-state index in [0.29, 0.717) is 17.4 Å². The van der Waals surface area contributed by atoms with Crippen LogP contribution in [0, 0.1) is 11.3 Å². The van der Waals surface area contributed by atoms with Gasteiger partial charge in [-0.05, 0) is 43.7 Å². The highest BCUT2D eigenvalue weighted by molar-refractivity contribution is 4.95. The molecule has 2 nitrogen and oxygen atoms in total. The fourth-order valence-corrected chi connectivity index (χ4v) is 2.84. The van der Waals surface area contributed by atoms with E-state index in [-0.39, 0.29) is 0 Å². The molecule has 0 heterocycles. The van der Waals surface area contributed by atoms with Crippen molar-refractivity contribution in [1.29, 1.82) is 0 Å². The molecule has 0 amide bonds. The van der Waals surface area contributed by atoms with E-state index in [1.807, 2.05) is 0 Å². The second-order valence-electron chi connectivity index (χ2n) is 6.06. The largest absolute Gasteiger partial charge is 0.327 e. The molecule has 0 saturated heterocycles. The van der Waals surface area contributed by atoms with E-state index in [9.17, 15) is 0 Å². The second-order valence-corrected chi connectivity index (χ2v) is 6.06. The van der Waals surface area contributed by atoms with Crippen LogP contribution in [-0.4, -0.2) is 30.6 Å². The number of unbranched alkanes of at least 4 members (excludes halogenated alkanes) is 1.